The molecule has 1 amide bonds. The molecule has 0 aliphatic heterocycles. The summed E-state index contributed by atoms with van der Waals surface area (Å²) in [5.74, 6) is -0.766. The van der Waals surface area contributed by atoms with Crippen molar-refractivity contribution >= 4 is 5.91 Å². The second-order valence-electron chi connectivity index (χ2n) is 7.97. The molecule has 4 aromatic rings. The second kappa shape index (κ2) is 8.23. The normalized spacial score (nSPS) is 13.8. The van der Waals surface area contributed by atoms with Crippen molar-refractivity contribution in [3.63, 3.8) is 0 Å². The number of benzene rings is 2. The number of hydrogen-bond donors (Lipinski definition) is 1. The number of nitrogens with zero attached hydrogens (tertiary/aromatic N) is 3. The van der Waals surface area contributed by atoms with Crippen LogP contribution in [0.5, 0.6) is 0 Å². The van der Waals surface area contributed by atoms with E-state index in [-0.39, 0.29) is 22.9 Å². The topological polar surface area (TPSA) is 73.0 Å². The van der Waals surface area contributed by atoms with Gasteiger partial charge in [0.25, 0.3) is 5.91 Å². The summed E-state index contributed by atoms with van der Waals surface area (Å²) >= 11 is 0. The summed E-state index contributed by atoms with van der Waals surface area (Å²) in [7, 11) is 0. The quantitative estimate of drug-likeness (QED) is 0.428. The van der Waals surface area contributed by atoms with Crippen LogP contribution in [0.1, 0.15) is 29.0 Å². The smallest absolute Gasteiger partial charge is 0.352 e. The molecule has 0 saturated heterocycles. The number of aromatic nitrogens is 3. The van der Waals surface area contributed by atoms with E-state index in [1.807, 2.05) is 0 Å². The molecule has 0 spiro atoms. The van der Waals surface area contributed by atoms with E-state index in [4.69, 9.17) is 4.52 Å². The lowest BCUT2D eigenvalue weighted by atomic mass is 10.0. The fourth-order valence-corrected chi connectivity index (χ4v) is 3.55. The Balaban J connectivity index is 1.45. The minimum absolute atomic E-state index is 0.0656. The highest BCUT2D eigenvalue weighted by atomic mass is 19.4. The molecule has 33 heavy (non-hydrogen) atoms. The summed E-state index contributed by atoms with van der Waals surface area (Å²) in [6.07, 6.45) is 0.469. The van der Waals surface area contributed by atoms with Crippen LogP contribution in [-0.4, -0.2) is 27.2 Å². The van der Waals surface area contributed by atoms with Gasteiger partial charge in [-0.3, -0.25) is 4.79 Å². The van der Waals surface area contributed by atoms with Gasteiger partial charge in [0.2, 0.25) is 5.76 Å². The van der Waals surface area contributed by atoms with Crippen molar-refractivity contribution < 1.29 is 22.5 Å². The molecule has 6 nitrogen and oxygen atoms in total. The van der Waals surface area contributed by atoms with Gasteiger partial charge in [-0.1, -0.05) is 35.5 Å². The monoisotopic (exact) mass is 452 g/mol. The molecule has 0 radical (unpaired) electrons. The molecule has 168 valence electrons. The summed E-state index contributed by atoms with van der Waals surface area (Å²) in [4.78, 5) is 16.4. The van der Waals surface area contributed by atoms with E-state index in [1.54, 1.807) is 59.2 Å². The number of alkyl halides is 3. The van der Waals surface area contributed by atoms with Crippen LogP contribution in [0.2, 0.25) is 0 Å². The Hall–Kier alpha value is -3.88. The summed E-state index contributed by atoms with van der Waals surface area (Å²) < 4.78 is 47.2. The number of rotatable bonds is 6. The van der Waals surface area contributed by atoms with Crippen molar-refractivity contribution in [2.24, 2.45) is 5.92 Å². The van der Waals surface area contributed by atoms with E-state index in [0.29, 0.717) is 29.3 Å². The first kappa shape index (κ1) is 21.0. The third-order valence-electron chi connectivity index (χ3n) is 5.51. The van der Waals surface area contributed by atoms with Crippen LogP contribution >= 0.6 is 0 Å². The molecular weight excluding hydrogens is 433 g/mol. The molecule has 1 fully saturated rings. The summed E-state index contributed by atoms with van der Waals surface area (Å²) in [5.41, 5.74) is 1.58. The van der Waals surface area contributed by atoms with Crippen molar-refractivity contribution in [1.82, 2.24) is 20.0 Å². The Morgan fingerprint density at radius 3 is 2.48 bits per heavy atom. The molecule has 0 bridgehead atoms. The molecule has 1 aliphatic rings. The Morgan fingerprint density at radius 1 is 1.09 bits per heavy atom. The maximum absolute atomic E-state index is 13.6. The van der Waals surface area contributed by atoms with Crippen LogP contribution in [0.15, 0.2) is 71.6 Å². The van der Waals surface area contributed by atoms with Crippen molar-refractivity contribution in [3.8, 4) is 28.2 Å². The lowest BCUT2D eigenvalue weighted by molar-refractivity contribution is -0.154. The average Bonchev–Trinajstić information content (AvgIpc) is 3.32. The summed E-state index contributed by atoms with van der Waals surface area (Å²) in [6.45, 7) is 0.676. The molecule has 9 heteroatoms. The van der Waals surface area contributed by atoms with Crippen molar-refractivity contribution in [1.29, 1.82) is 0 Å². The Morgan fingerprint density at radius 2 is 1.82 bits per heavy atom. The molecule has 0 unspecified atom stereocenters. The zero-order valence-electron chi connectivity index (χ0n) is 17.3. The fourth-order valence-electron chi connectivity index (χ4n) is 3.55. The Labute approximate surface area is 187 Å². The van der Waals surface area contributed by atoms with E-state index in [9.17, 15) is 18.0 Å². The maximum Gasteiger partial charge on any atom is 0.453 e. The third kappa shape index (κ3) is 4.39. The van der Waals surface area contributed by atoms with Gasteiger partial charge < -0.3 is 14.4 Å². The number of carbonyl (C=O) groups excluding carboxylic acids is 1. The van der Waals surface area contributed by atoms with Crippen LogP contribution in [0.3, 0.4) is 0 Å². The van der Waals surface area contributed by atoms with Crippen molar-refractivity contribution in [3.05, 3.63) is 78.4 Å². The van der Waals surface area contributed by atoms with E-state index in [0.717, 1.165) is 12.8 Å². The first-order chi connectivity index (χ1) is 15.9. The van der Waals surface area contributed by atoms with Gasteiger partial charge in [-0.25, -0.2) is 4.98 Å². The number of amides is 1. The lowest BCUT2D eigenvalue weighted by Crippen LogP contribution is -2.25. The van der Waals surface area contributed by atoms with Gasteiger partial charge in [0.1, 0.15) is 5.69 Å². The molecular formula is C24H19F3N4O2. The molecule has 1 N–H and O–H groups in total. The SMILES string of the molecule is O=C(NCC1CC1)c1ccc(-n2cnc(-c3c(-c4ccccc4)noc3C(F)(F)F)c2)cc1. The minimum Gasteiger partial charge on any atom is -0.352 e. The van der Waals surface area contributed by atoms with E-state index in [1.165, 1.54) is 12.5 Å². The molecule has 1 aliphatic carbocycles. The van der Waals surface area contributed by atoms with E-state index in [2.05, 4.69) is 15.5 Å². The third-order valence-corrected chi connectivity index (χ3v) is 5.51. The van der Waals surface area contributed by atoms with E-state index >= 15 is 0 Å². The number of hydrogen-bond acceptors (Lipinski definition) is 4. The Bertz CT molecular complexity index is 1270. The van der Waals surface area contributed by atoms with Gasteiger partial charge in [-0.2, -0.15) is 13.2 Å². The minimum atomic E-state index is -4.73. The highest BCUT2D eigenvalue weighted by Gasteiger charge is 2.41. The van der Waals surface area contributed by atoms with Gasteiger partial charge in [-0.05, 0) is 43.0 Å². The highest BCUT2D eigenvalue weighted by Crippen LogP contribution is 2.42. The molecule has 5 rings (SSSR count). The van der Waals surface area contributed by atoms with Gasteiger partial charge >= 0.3 is 6.18 Å². The number of carbonyl (C=O) groups is 1. The van der Waals surface area contributed by atoms with E-state index < -0.39 is 11.9 Å². The maximum atomic E-state index is 13.6. The second-order valence-corrected chi connectivity index (χ2v) is 7.97. The summed E-state index contributed by atoms with van der Waals surface area (Å²) in [5, 5.41) is 6.59. The van der Waals surface area contributed by atoms with Gasteiger partial charge in [0, 0.05) is 29.6 Å². The van der Waals surface area contributed by atoms with Crippen LogP contribution in [0.25, 0.3) is 28.2 Å². The number of imidazole rings is 1. The standard InChI is InChI=1S/C24H19F3N4O2/c25-24(26,27)22-20(21(30-33-22)16-4-2-1-3-5-16)19-13-31(14-29-19)18-10-8-17(9-11-18)23(32)28-12-15-6-7-15/h1-5,8-11,13-15H,6-7,12H2,(H,28,32). The molecule has 2 aromatic carbocycles. The molecule has 1 saturated carbocycles. The first-order valence-electron chi connectivity index (χ1n) is 10.5. The van der Waals surface area contributed by atoms with Crippen LogP contribution < -0.4 is 5.32 Å². The molecule has 0 atom stereocenters. The summed E-state index contributed by atoms with van der Waals surface area (Å²) in [6, 6.07) is 15.3. The van der Waals surface area contributed by atoms with Crippen molar-refractivity contribution in [2.75, 3.05) is 6.54 Å². The van der Waals surface area contributed by atoms with Crippen LogP contribution in [0, 0.1) is 5.92 Å². The lowest BCUT2D eigenvalue weighted by Gasteiger charge is -2.06. The first-order valence-corrected chi connectivity index (χ1v) is 10.5. The predicted octanol–water partition coefficient (Wildman–Crippen LogP) is 5.35. The van der Waals surface area contributed by atoms with Crippen molar-refractivity contribution in [2.45, 2.75) is 19.0 Å². The largest absolute Gasteiger partial charge is 0.453 e. The number of halogens is 3. The van der Waals surface area contributed by atoms with Crippen LogP contribution in [-0.2, 0) is 6.18 Å². The van der Waals surface area contributed by atoms with Gasteiger partial charge in [0.05, 0.1) is 17.6 Å². The number of nitrogens with one attached hydrogen (secondary N) is 1. The Kier molecular flexibility index (Phi) is 5.24. The molecule has 2 aromatic heterocycles. The zero-order valence-corrected chi connectivity index (χ0v) is 17.3. The van der Waals surface area contributed by atoms with Gasteiger partial charge in [0.15, 0.2) is 0 Å². The van der Waals surface area contributed by atoms with Gasteiger partial charge in [-0.15, -0.1) is 0 Å². The van der Waals surface area contributed by atoms with Crippen LogP contribution in [0.4, 0.5) is 13.2 Å². The highest BCUT2D eigenvalue weighted by molar-refractivity contribution is 5.94. The molecule has 2 heterocycles. The average molecular weight is 452 g/mol. The predicted molar refractivity (Wildman–Crippen MR) is 115 cm³/mol. The zero-order chi connectivity index (χ0) is 23.0. The fraction of sp³-hybridized carbons (Fsp3) is 0.208.